The van der Waals surface area contributed by atoms with Crippen LogP contribution in [0.3, 0.4) is 0 Å². The van der Waals surface area contributed by atoms with Crippen molar-refractivity contribution in [3.05, 3.63) is 82.2 Å². The van der Waals surface area contributed by atoms with Gasteiger partial charge in [0.15, 0.2) is 5.69 Å². The number of hydrogen-bond acceptors (Lipinski definition) is 3. The molecule has 0 aliphatic carbocycles. The quantitative estimate of drug-likeness (QED) is 0.560. The smallest absolute Gasteiger partial charge is 0.332 e. The number of imidazole rings is 1. The summed E-state index contributed by atoms with van der Waals surface area (Å²) < 4.78 is 83.6. The van der Waals surface area contributed by atoms with Gasteiger partial charge >= 0.3 is 6.18 Å². The van der Waals surface area contributed by atoms with Gasteiger partial charge in [0.2, 0.25) is 5.91 Å². The molecule has 1 atom stereocenters. The standard InChI is InChI=1S/C23H20F6N4O/c1-12-4-18(26)14(6-17(12)25)5-16(30)8-21(34)32-9-13-2-3-15(24)7-19(13)33-11-31-22(20(33)10-32)23(27,28)29/h2-4,6-7,11,16H,5,8-10,30H2,1H3. The molecule has 34 heavy (non-hydrogen) atoms. The summed E-state index contributed by atoms with van der Waals surface area (Å²) in [7, 11) is 0. The minimum Gasteiger partial charge on any atom is -0.332 e. The molecule has 4 rings (SSSR count). The molecule has 0 saturated carbocycles. The van der Waals surface area contributed by atoms with E-state index in [4.69, 9.17) is 5.73 Å². The Kier molecular flexibility index (Phi) is 6.15. The van der Waals surface area contributed by atoms with Gasteiger partial charge in [0, 0.05) is 19.0 Å². The number of nitrogens with zero attached hydrogens (tertiary/aromatic N) is 3. The zero-order valence-corrected chi connectivity index (χ0v) is 18.0. The molecule has 0 fully saturated rings. The maximum Gasteiger partial charge on any atom is 0.435 e. The van der Waals surface area contributed by atoms with Gasteiger partial charge in [-0.3, -0.25) is 4.79 Å². The normalized spacial score (nSPS) is 14.4. The van der Waals surface area contributed by atoms with Crippen LogP contribution in [0.25, 0.3) is 5.69 Å². The highest BCUT2D eigenvalue weighted by molar-refractivity contribution is 5.77. The zero-order valence-electron chi connectivity index (χ0n) is 18.0. The summed E-state index contributed by atoms with van der Waals surface area (Å²) in [4.78, 5) is 17.6. The van der Waals surface area contributed by atoms with Crippen molar-refractivity contribution in [3.8, 4) is 5.69 Å². The number of rotatable bonds is 4. The monoisotopic (exact) mass is 482 g/mol. The summed E-state index contributed by atoms with van der Waals surface area (Å²) in [6.07, 6.45) is -4.29. The summed E-state index contributed by atoms with van der Waals surface area (Å²) >= 11 is 0. The molecule has 2 N–H and O–H groups in total. The second kappa shape index (κ2) is 8.79. The number of carbonyl (C=O) groups excluding carboxylic acids is 1. The highest BCUT2D eigenvalue weighted by Gasteiger charge is 2.39. The van der Waals surface area contributed by atoms with Crippen molar-refractivity contribution >= 4 is 5.91 Å². The van der Waals surface area contributed by atoms with Crippen LogP contribution in [0.5, 0.6) is 0 Å². The Morgan fingerprint density at radius 3 is 2.56 bits per heavy atom. The highest BCUT2D eigenvalue weighted by atomic mass is 19.4. The van der Waals surface area contributed by atoms with Crippen molar-refractivity contribution in [1.82, 2.24) is 14.5 Å². The van der Waals surface area contributed by atoms with Crippen LogP contribution < -0.4 is 5.73 Å². The van der Waals surface area contributed by atoms with Crippen molar-refractivity contribution in [2.45, 2.75) is 45.1 Å². The lowest BCUT2D eigenvalue weighted by Crippen LogP contribution is -2.36. The van der Waals surface area contributed by atoms with Crippen molar-refractivity contribution in [2.75, 3.05) is 0 Å². The lowest BCUT2D eigenvalue weighted by molar-refractivity contribution is -0.143. The third-order valence-corrected chi connectivity index (χ3v) is 5.74. The topological polar surface area (TPSA) is 64.2 Å². The Morgan fingerprint density at radius 2 is 1.85 bits per heavy atom. The molecule has 0 bridgehead atoms. The number of benzene rings is 2. The van der Waals surface area contributed by atoms with Gasteiger partial charge in [-0.15, -0.1) is 0 Å². The van der Waals surface area contributed by atoms with Gasteiger partial charge in [0.25, 0.3) is 0 Å². The number of carbonyl (C=O) groups is 1. The molecule has 0 radical (unpaired) electrons. The molecule has 1 aliphatic rings. The minimum absolute atomic E-state index is 0.00230. The van der Waals surface area contributed by atoms with Crippen LogP contribution in [0, 0.1) is 24.4 Å². The number of amides is 1. The lowest BCUT2D eigenvalue weighted by Gasteiger charge is -2.23. The number of hydrogen-bond donors (Lipinski definition) is 1. The third-order valence-electron chi connectivity index (χ3n) is 5.74. The van der Waals surface area contributed by atoms with Crippen molar-refractivity contribution in [3.63, 3.8) is 0 Å². The maximum absolute atomic E-state index is 14.2. The van der Waals surface area contributed by atoms with Crippen LogP contribution in [-0.2, 0) is 30.5 Å². The molecule has 3 aromatic rings. The fraction of sp³-hybridized carbons (Fsp3) is 0.304. The Bertz CT molecular complexity index is 1250. The first kappa shape index (κ1) is 23.8. The fourth-order valence-corrected chi connectivity index (χ4v) is 4.03. The van der Waals surface area contributed by atoms with Crippen LogP contribution >= 0.6 is 0 Å². The molecule has 0 saturated heterocycles. The molecular weight excluding hydrogens is 462 g/mol. The molecule has 1 aromatic heterocycles. The van der Waals surface area contributed by atoms with E-state index in [9.17, 15) is 31.1 Å². The number of fused-ring (bicyclic) bond motifs is 3. The first-order valence-corrected chi connectivity index (χ1v) is 10.3. The number of aromatic nitrogens is 2. The van der Waals surface area contributed by atoms with Gasteiger partial charge in [-0.1, -0.05) is 6.07 Å². The van der Waals surface area contributed by atoms with Crippen molar-refractivity contribution in [1.29, 1.82) is 0 Å². The van der Waals surface area contributed by atoms with Crippen LogP contribution in [0.15, 0.2) is 36.7 Å². The van der Waals surface area contributed by atoms with E-state index < -0.39 is 47.8 Å². The minimum atomic E-state index is -4.78. The molecule has 2 aromatic carbocycles. The SMILES string of the molecule is Cc1cc(F)c(CC(N)CC(=O)N2Cc3ccc(F)cc3-n3cnc(C(F)(F)F)c3C2)cc1F. The summed E-state index contributed by atoms with van der Waals surface area (Å²) in [6.45, 7) is 0.881. The summed E-state index contributed by atoms with van der Waals surface area (Å²) in [5, 5.41) is 0. The molecule has 5 nitrogen and oxygen atoms in total. The van der Waals surface area contributed by atoms with Crippen LogP contribution in [-0.4, -0.2) is 26.4 Å². The maximum atomic E-state index is 14.2. The summed E-state index contributed by atoms with van der Waals surface area (Å²) in [5.41, 5.74) is 5.21. The highest BCUT2D eigenvalue weighted by Crippen LogP contribution is 2.35. The molecule has 1 aliphatic heterocycles. The average Bonchev–Trinajstić information content (AvgIpc) is 3.09. The van der Waals surface area contributed by atoms with Crippen molar-refractivity contribution < 1.29 is 31.1 Å². The van der Waals surface area contributed by atoms with Gasteiger partial charge in [-0.2, -0.15) is 13.2 Å². The van der Waals surface area contributed by atoms with E-state index in [-0.39, 0.29) is 41.9 Å². The Labute approximate surface area is 190 Å². The first-order chi connectivity index (χ1) is 15.9. The van der Waals surface area contributed by atoms with E-state index in [2.05, 4.69) is 4.98 Å². The summed E-state index contributed by atoms with van der Waals surface area (Å²) in [6, 6.07) is 4.75. The molecule has 1 unspecified atom stereocenters. The second-order valence-electron chi connectivity index (χ2n) is 8.29. The van der Waals surface area contributed by atoms with E-state index in [1.165, 1.54) is 17.9 Å². The molecule has 2 heterocycles. The number of halogens is 6. The van der Waals surface area contributed by atoms with E-state index in [0.29, 0.717) is 5.56 Å². The van der Waals surface area contributed by atoms with Gasteiger partial charge in [0.05, 0.1) is 17.9 Å². The van der Waals surface area contributed by atoms with E-state index in [1.54, 1.807) is 0 Å². The Hall–Kier alpha value is -3.34. The first-order valence-electron chi connectivity index (χ1n) is 10.3. The summed E-state index contributed by atoms with van der Waals surface area (Å²) in [5.74, 6) is -2.51. The second-order valence-corrected chi connectivity index (χ2v) is 8.29. The fourth-order valence-electron chi connectivity index (χ4n) is 4.03. The van der Waals surface area contributed by atoms with E-state index in [1.807, 2.05) is 0 Å². The largest absolute Gasteiger partial charge is 0.435 e. The molecule has 1 amide bonds. The van der Waals surface area contributed by atoms with Gasteiger partial charge in [-0.05, 0) is 54.3 Å². The average molecular weight is 482 g/mol. The molecule has 11 heteroatoms. The molecule has 180 valence electrons. The van der Waals surface area contributed by atoms with E-state index in [0.717, 1.165) is 35.2 Å². The van der Waals surface area contributed by atoms with Crippen LogP contribution in [0.2, 0.25) is 0 Å². The molecular formula is C23H20F6N4O. The zero-order chi connectivity index (χ0) is 24.8. The van der Waals surface area contributed by atoms with Gasteiger partial charge in [-0.25, -0.2) is 18.2 Å². The third kappa shape index (κ3) is 4.65. The molecule has 0 spiro atoms. The van der Waals surface area contributed by atoms with Crippen LogP contribution in [0.4, 0.5) is 26.3 Å². The van der Waals surface area contributed by atoms with Crippen molar-refractivity contribution in [2.24, 2.45) is 5.73 Å². The van der Waals surface area contributed by atoms with E-state index >= 15 is 0 Å². The van der Waals surface area contributed by atoms with Gasteiger partial charge < -0.3 is 15.2 Å². The Morgan fingerprint density at radius 1 is 1.12 bits per heavy atom. The van der Waals surface area contributed by atoms with Gasteiger partial charge in [0.1, 0.15) is 23.8 Å². The number of alkyl halides is 3. The lowest BCUT2D eigenvalue weighted by atomic mass is 10.0. The predicted molar refractivity (Wildman–Crippen MR) is 110 cm³/mol. The number of nitrogens with two attached hydrogens (primary N) is 1. The predicted octanol–water partition coefficient (Wildman–Crippen LogP) is 4.42. The Balaban J connectivity index is 1.61. The number of aryl methyl sites for hydroxylation is 1. The van der Waals surface area contributed by atoms with Crippen LogP contribution in [0.1, 0.15) is 34.5 Å².